The van der Waals surface area contributed by atoms with Gasteiger partial charge in [0, 0.05) is 29.7 Å². The largest absolute Gasteiger partial charge is 0.505 e. The molecule has 0 unspecified atom stereocenters. The van der Waals surface area contributed by atoms with Crippen LogP contribution >= 0.6 is 12.4 Å². The van der Waals surface area contributed by atoms with E-state index in [0.717, 1.165) is 5.56 Å². The number of hydrazone groups is 1. The number of nitrogens with one attached hydrogen (secondary N) is 1. The lowest BCUT2D eigenvalue weighted by Crippen LogP contribution is -2.06. The number of aliphatic hydroxyl groups is 1. The molecule has 0 aliphatic heterocycles. The van der Waals surface area contributed by atoms with Crippen LogP contribution in [0.15, 0.2) is 35.8 Å². The maximum atomic E-state index is 9.92. The van der Waals surface area contributed by atoms with E-state index < -0.39 is 0 Å². The molecule has 0 saturated heterocycles. The lowest BCUT2D eigenvalue weighted by molar-refractivity contribution is 0.280. The molecule has 0 atom stereocenters. The number of rotatable bonds is 5. The Balaban J connectivity index is 0.00000220. The van der Waals surface area contributed by atoms with Gasteiger partial charge in [-0.05, 0) is 24.6 Å². The highest BCUT2D eigenvalue weighted by Gasteiger charge is 2.08. The zero-order valence-electron chi connectivity index (χ0n) is 11.5. The second-order valence-corrected chi connectivity index (χ2v) is 4.24. The van der Waals surface area contributed by atoms with Gasteiger partial charge in [-0.3, -0.25) is 9.97 Å². The van der Waals surface area contributed by atoms with Gasteiger partial charge in [-0.2, -0.15) is 5.10 Å². The number of pyridine rings is 2. The summed E-state index contributed by atoms with van der Waals surface area (Å²) < 4.78 is 0. The van der Waals surface area contributed by atoms with Crippen LogP contribution in [0, 0.1) is 6.92 Å². The molecule has 0 aromatic carbocycles. The van der Waals surface area contributed by atoms with E-state index in [-0.39, 0.29) is 24.8 Å². The minimum atomic E-state index is -0.202. The van der Waals surface area contributed by atoms with Crippen molar-refractivity contribution in [1.82, 2.24) is 15.4 Å². The van der Waals surface area contributed by atoms with Gasteiger partial charge in [0.1, 0.15) is 5.75 Å². The Labute approximate surface area is 129 Å². The summed E-state index contributed by atoms with van der Waals surface area (Å²) in [6.07, 6.45) is 6.43. The zero-order chi connectivity index (χ0) is 14.4. The van der Waals surface area contributed by atoms with Gasteiger partial charge in [0.05, 0.1) is 25.1 Å². The molecule has 2 heterocycles. The molecular formula is C14H17ClN4O2. The standard InChI is InChI=1S/C14H16N4O2.ClH/c1-10-14(20)13(12(9-19)7-16-10)8-18-17-6-11-2-4-15-5-3-11;/h2-5,7-8,17,19-20H,6,9H2,1H3;1H. The number of aromatic nitrogens is 2. The Kier molecular flexibility index (Phi) is 6.58. The van der Waals surface area contributed by atoms with Gasteiger partial charge in [-0.25, -0.2) is 0 Å². The van der Waals surface area contributed by atoms with Gasteiger partial charge in [-0.1, -0.05) is 0 Å². The SMILES string of the molecule is Cc1ncc(CO)c(C=NNCc2ccncc2)c1O.Cl. The Hall–Kier alpha value is -2.18. The van der Waals surface area contributed by atoms with E-state index in [1.807, 2.05) is 12.1 Å². The summed E-state index contributed by atoms with van der Waals surface area (Å²) in [5.41, 5.74) is 5.43. The molecular weight excluding hydrogens is 292 g/mol. The van der Waals surface area contributed by atoms with Crippen molar-refractivity contribution in [2.24, 2.45) is 5.10 Å². The first-order chi connectivity index (χ1) is 9.72. The van der Waals surface area contributed by atoms with Gasteiger partial charge in [0.15, 0.2) is 0 Å². The highest BCUT2D eigenvalue weighted by Crippen LogP contribution is 2.21. The molecule has 6 nitrogen and oxygen atoms in total. The molecule has 7 heteroatoms. The summed E-state index contributed by atoms with van der Waals surface area (Å²) in [6.45, 7) is 2.04. The van der Waals surface area contributed by atoms with Gasteiger partial charge in [0.2, 0.25) is 0 Å². The Morgan fingerprint density at radius 2 is 2.05 bits per heavy atom. The molecule has 0 aliphatic rings. The molecule has 0 bridgehead atoms. The predicted molar refractivity (Wildman–Crippen MR) is 82.5 cm³/mol. The van der Waals surface area contributed by atoms with Crippen molar-refractivity contribution in [2.45, 2.75) is 20.1 Å². The first-order valence-corrected chi connectivity index (χ1v) is 6.15. The fourth-order valence-corrected chi connectivity index (χ4v) is 1.67. The Bertz CT molecular complexity index is 605. The van der Waals surface area contributed by atoms with Crippen LogP contribution < -0.4 is 5.43 Å². The average molecular weight is 309 g/mol. The molecule has 3 N–H and O–H groups in total. The molecule has 2 aromatic heterocycles. The van der Waals surface area contributed by atoms with Crippen molar-refractivity contribution >= 4 is 18.6 Å². The van der Waals surface area contributed by atoms with Crippen molar-refractivity contribution in [3.63, 3.8) is 0 Å². The number of aliphatic hydroxyl groups excluding tert-OH is 1. The van der Waals surface area contributed by atoms with Crippen LogP contribution in [-0.4, -0.2) is 26.4 Å². The van der Waals surface area contributed by atoms with Crippen molar-refractivity contribution in [3.8, 4) is 5.75 Å². The number of nitrogens with zero attached hydrogens (tertiary/aromatic N) is 3. The van der Waals surface area contributed by atoms with Crippen LogP contribution in [-0.2, 0) is 13.2 Å². The van der Waals surface area contributed by atoms with Crippen LogP contribution in [0.5, 0.6) is 5.75 Å². The minimum Gasteiger partial charge on any atom is -0.505 e. The maximum Gasteiger partial charge on any atom is 0.145 e. The van der Waals surface area contributed by atoms with Crippen LogP contribution in [0.1, 0.15) is 22.4 Å². The highest BCUT2D eigenvalue weighted by atomic mass is 35.5. The predicted octanol–water partition coefficient (Wildman–Crippen LogP) is 1.53. The second-order valence-electron chi connectivity index (χ2n) is 4.24. The average Bonchev–Trinajstić information content (AvgIpc) is 2.49. The summed E-state index contributed by atoms with van der Waals surface area (Å²) in [5, 5.41) is 23.2. The molecule has 112 valence electrons. The van der Waals surface area contributed by atoms with Gasteiger partial charge in [-0.15, -0.1) is 12.4 Å². The van der Waals surface area contributed by atoms with Crippen molar-refractivity contribution in [2.75, 3.05) is 0 Å². The highest BCUT2D eigenvalue weighted by molar-refractivity contribution is 5.85. The first kappa shape index (κ1) is 16.9. The maximum absolute atomic E-state index is 9.92. The molecule has 21 heavy (non-hydrogen) atoms. The number of hydrogen-bond donors (Lipinski definition) is 3. The van der Waals surface area contributed by atoms with Crippen LogP contribution in [0.3, 0.4) is 0 Å². The van der Waals surface area contributed by atoms with Gasteiger partial charge in [0.25, 0.3) is 0 Å². The summed E-state index contributed by atoms with van der Waals surface area (Å²) in [5.74, 6) is 0.0333. The Morgan fingerprint density at radius 3 is 2.71 bits per heavy atom. The van der Waals surface area contributed by atoms with Gasteiger partial charge < -0.3 is 15.6 Å². The molecule has 0 radical (unpaired) electrons. The number of hydrogen-bond acceptors (Lipinski definition) is 6. The minimum absolute atomic E-state index is 0. The van der Waals surface area contributed by atoms with Crippen LogP contribution in [0.4, 0.5) is 0 Å². The van der Waals surface area contributed by atoms with Crippen LogP contribution in [0.25, 0.3) is 0 Å². The topological polar surface area (TPSA) is 90.6 Å². The monoisotopic (exact) mass is 308 g/mol. The van der Waals surface area contributed by atoms with Crippen molar-refractivity contribution in [3.05, 3.63) is 53.1 Å². The fraction of sp³-hybridized carbons (Fsp3) is 0.214. The number of halogens is 1. The molecule has 0 amide bonds. The Morgan fingerprint density at radius 1 is 1.33 bits per heavy atom. The zero-order valence-corrected chi connectivity index (χ0v) is 12.3. The molecule has 2 aromatic rings. The normalized spacial score (nSPS) is 10.4. The molecule has 0 spiro atoms. The lowest BCUT2D eigenvalue weighted by atomic mass is 10.1. The molecule has 2 rings (SSSR count). The lowest BCUT2D eigenvalue weighted by Gasteiger charge is -2.07. The number of aryl methyl sites for hydroxylation is 1. The summed E-state index contributed by atoms with van der Waals surface area (Å²) in [6, 6.07) is 3.77. The van der Waals surface area contributed by atoms with Crippen LogP contribution in [0.2, 0.25) is 0 Å². The van der Waals surface area contributed by atoms with Gasteiger partial charge >= 0.3 is 0 Å². The third-order valence-electron chi connectivity index (χ3n) is 2.85. The number of aromatic hydroxyl groups is 1. The molecule has 0 saturated carbocycles. The second kappa shape index (κ2) is 8.18. The van der Waals surface area contributed by atoms with Crippen molar-refractivity contribution < 1.29 is 10.2 Å². The van der Waals surface area contributed by atoms with E-state index in [9.17, 15) is 10.2 Å². The van der Waals surface area contributed by atoms with E-state index >= 15 is 0 Å². The molecule has 0 fully saturated rings. The summed E-state index contributed by atoms with van der Waals surface area (Å²) >= 11 is 0. The van der Waals surface area contributed by atoms with E-state index in [4.69, 9.17) is 0 Å². The molecule has 0 aliphatic carbocycles. The third-order valence-corrected chi connectivity index (χ3v) is 2.85. The van der Waals surface area contributed by atoms with E-state index in [1.54, 1.807) is 19.3 Å². The first-order valence-electron chi connectivity index (χ1n) is 6.15. The fourth-order valence-electron chi connectivity index (χ4n) is 1.67. The summed E-state index contributed by atoms with van der Waals surface area (Å²) in [4.78, 5) is 7.92. The van der Waals surface area contributed by atoms with Crippen molar-refractivity contribution in [1.29, 1.82) is 0 Å². The third kappa shape index (κ3) is 4.40. The van der Waals surface area contributed by atoms with E-state index in [0.29, 0.717) is 23.4 Å². The summed E-state index contributed by atoms with van der Waals surface area (Å²) in [7, 11) is 0. The smallest absolute Gasteiger partial charge is 0.145 e. The van der Waals surface area contributed by atoms with E-state index in [2.05, 4.69) is 20.5 Å². The quantitative estimate of drug-likeness (QED) is 0.575. The van der Waals surface area contributed by atoms with E-state index in [1.165, 1.54) is 12.4 Å².